The van der Waals surface area contributed by atoms with Crippen molar-refractivity contribution in [3.8, 4) is 6.07 Å². The summed E-state index contributed by atoms with van der Waals surface area (Å²) in [6.07, 6.45) is 2.15. The predicted molar refractivity (Wildman–Crippen MR) is 64.1 cm³/mol. The molecule has 0 radical (unpaired) electrons. The van der Waals surface area contributed by atoms with Crippen LogP contribution >= 0.6 is 0 Å². The van der Waals surface area contributed by atoms with Gasteiger partial charge in [0.05, 0.1) is 5.69 Å². The lowest BCUT2D eigenvalue weighted by molar-refractivity contribution is -0.130. The normalized spacial score (nSPS) is 14.9. The average Bonchev–Trinajstić information content (AvgIpc) is 2.92. The van der Waals surface area contributed by atoms with E-state index in [9.17, 15) is 4.79 Å². The first-order valence-electron chi connectivity index (χ1n) is 5.77. The fraction of sp³-hybridized carbons (Fsp3) is 0.500. The molecule has 0 saturated carbocycles. The van der Waals surface area contributed by atoms with Gasteiger partial charge >= 0.3 is 0 Å². The van der Waals surface area contributed by atoms with Gasteiger partial charge in [-0.05, 0) is 25.8 Å². The molecule has 1 aromatic heterocycles. The van der Waals surface area contributed by atoms with Crippen LogP contribution in [0.15, 0.2) is 6.07 Å². The van der Waals surface area contributed by atoms with Crippen molar-refractivity contribution in [3.63, 3.8) is 0 Å². The summed E-state index contributed by atoms with van der Waals surface area (Å²) in [5.74, 6) is 0.0673. The molecule has 0 aromatic carbocycles. The molecule has 0 aliphatic carbocycles. The highest BCUT2D eigenvalue weighted by atomic mass is 16.2. The molecule has 2 heterocycles. The number of carbonyl (C=O) groups is 1. The second-order valence-corrected chi connectivity index (χ2v) is 4.36. The van der Waals surface area contributed by atoms with E-state index in [0.29, 0.717) is 11.4 Å². The van der Waals surface area contributed by atoms with E-state index in [2.05, 4.69) is 6.07 Å². The molecule has 1 aromatic rings. The second-order valence-electron chi connectivity index (χ2n) is 4.36. The number of nitrogens with zero attached hydrogens (tertiary/aromatic N) is 3. The van der Waals surface area contributed by atoms with Crippen LogP contribution < -0.4 is 5.73 Å². The van der Waals surface area contributed by atoms with Gasteiger partial charge in [0.15, 0.2) is 0 Å². The molecule has 1 fully saturated rings. The van der Waals surface area contributed by atoms with Crippen molar-refractivity contribution in [2.45, 2.75) is 26.3 Å². The van der Waals surface area contributed by atoms with Gasteiger partial charge in [-0.2, -0.15) is 5.26 Å². The van der Waals surface area contributed by atoms with Gasteiger partial charge in [0.1, 0.15) is 18.3 Å². The molecule has 1 aliphatic heterocycles. The van der Waals surface area contributed by atoms with Gasteiger partial charge in [-0.3, -0.25) is 4.79 Å². The summed E-state index contributed by atoms with van der Waals surface area (Å²) in [6, 6.07) is 3.68. The molecular weight excluding hydrogens is 216 g/mol. The molecule has 0 bridgehead atoms. The molecule has 2 rings (SSSR count). The second kappa shape index (κ2) is 4.50. The van der Waals surface area contributed by atoms with Gasteiger partial charge in [-0.1, -0.05) is 0 Å². The topological polar surface area (TPSA) is 75.0 Å². The number of rotatable bonds is 2. The van der Waals surface area contributed by atoms with E-state index in [1.54, 1.807) is 10.6 Å². The van der Waals surface area contributed by atoms with Crippen LogP contribution in [0.4, 0.5) is 5.69 Å². The summed E-state index contributed by atoms with van der Waals surface area (Å²) in [6.45, 7) is 3.70. The number of anilines is 1. The fourth-order valence-corrected chi connectivity index (χ4v) is 2.16. The largest absolute Gasteiger partial charge is 0.397 e. The maximum Gasteiger partial charge on any atom is 0.242 e. The molecule has 0 atom stereocenters. The standard InChI is InChI=1S/C12H16N4O/c1-9-11(14)6-10(7-13)16(9)8-12(17)15-4-2-3-5-15/h6H,2-5,8,14H2,1H3. The van der Waals surface area contributed by atoms with E-state index in [4.69, 9.17) is 11.0 Å². The van der Waals surface area contributed by atoms with Crippen molar-refractivity contribution in [2.75, 3.05) is 18.8 Å². The summed E-state index contributed by atoms with van der Waals surface area (Å²) < 4.78 is 1.69. The minimum absolute atomic E-state index is 0.0673. The van der Waals surface area contributed by atoms with Gasteiger partial charge in [-0.25, -0.2) is 0 Å². The number of hydrogen-bond donors (Lipinski definition) is 1. The fourth-order valence-electron chi connectivity index (χ4n) is 2.16. The Morgan fingerprint density at radius 2 is 2.18 bits per heavy atom. The van der Waals surface area contributed by atoms with Gasteiger partial charge in [0, 0.05) is 18.8 Å². The van der Waals surface area contributed by atoms with Gasteiger partial charge in [-0.15, -0.1) is 0 Å². The monoisotopic (exact) mass is 232 g/mol. The SMILES string of the molecule is Cc1c(N)cc(C#N)n1CC(=O)N1CCCC1. The Bertz CT molecular complexity index is 477. The van der Waals surface area contributed by atoms with E-state index in [1.165, 1.54) is 0 Å². The summed E-state index contributed by atoms with van der Waals surface area (Å²) in [7, 11) is 0. The number of nitrogen functional groups attached to an aromatic ring is 1. The molecule has 1 amide bonds. The quantitative estimate of drug-likeness (QED) is 0.822. The van der Waals surface area contributed by atoms with Crippen molar-refractivity contribution < 1.29 is 4.79 Å². The van der Waals surface area contributed by atoms with Crippen LogP contribution in [0, 0.1) is 18.3 Å². The van der Waals surface area contributed by atoms with Crippen LogP contribution in [0.5, 0.6) is 0 Å². The Kier molecular flexibility index (Phi) is 3.05. The molecule has 0 spiro atoms. The highest BCUT2D eigenvalue weighted by molar-refractivity contribution is 5.77. The van der Waals surface area contributed by atoms with Crippen molar-refractivity contribution in [1.82, 2.24) is 9.47 Å². The highest BCUT2D eigenvalue weighted by Crippen LogP contribution is 2.18. The number of amides is 1. The summed E-state index contributed by atoms with van der Waals surface area (Å²) >= 11 is 0. The molecule has 2 N–H and O–H groups in total. The molecular formula is C12H16N4O. The number of hydrogen-bond acceptors (Lipinski definition) is 3. The molecule has 5 nitrogen and oxygen atoms in total. The van der Waals surface area contributed by atoms with Gasteiger partial charge < -0.3 is 15.2 Å². The third-order valence-electron chi connectivity index (χ3n) is 3.27. The lowest BCUT2D eigenvalue weighted by Gasteiger charge is -2.16. The Morgan fingerprint density at radius 1 is 1.53 bits per heavy atom. The third kappa shape index (κ3) is 2.11. The smallest absolute Gasteiger partial charge is 0.242 e. The zero-order chi connectivity index (χ0) is 12.4. The van der Waals surface area contributed by atoms with Crippen LogP contribution in [0.25, 0.3) is 0 Å². The van der Waals surface area contributed by atoms with Crippen molar-refractivity contribution in [1.29, 1.82) is 5.26 Å². The zero-order valence-corrected chi connectivity index (χ0v) is 9.94. The first-order chi connectivity index (χ1) is 8.13. The minimum atomic E-state index is 0.0673. The maximum atomic E-state index is 12.0. The zero-order valence-electron chi connectivity index (χ0n) is 9.94. The van der Waals surface area contributed by atoms with Crippen LogP contribution in [0.1, 0.15) is 24.2 Å². The van der Waals surface area contributed by atoms with Gasteiger partial charge in [0.25, 0.3) is 0 Å². The number of likely N-dealkylation sites (tertiary alicyclic amines) is 1. The number of aromatic nitrogens is 1. The third-order valence-corrected chi connectivity index (χ3v) is 3.27. The highest BCUT2D eigenvalue weighted by Gasteiger charge is 2.20. The van der Waals surface area contributed by atoms with E-state index in [1.807, 2.05) is 11.8 Å². The van der Waals surface area contributed by atoms with Crippen molar-refractivity contribution >= 4 is 11.6 Å². The molecule has 5 heteroatoms. The maximum absolute atomic E-state index is 12.0. The number of carbonyl (C=O) groups excluding carboxylic acids is 1. The summed E-state index contributed by atoms with van der Waals surface area (Å²) in [5.41, 5.74) is 7.55. The first-order valence-corrected chi connectivity index (χ1v) is 5.77. The van der Waals surface area contributed by atoms with Crippen LogP contribution in [0.2, 0.25) is 0 Å². The Morgan fingerprint density at radius 3 is 2.76 bits per heavy atom. The van der Waals surface area contributed by atoms with Crippen LogP contribution in [0.3, 0.4) is 0 Å². The minimum Gasteiger partial charge on any atom is -0.397 e. The summed E-state index contributed by atoms with van der Waals surface area (Å²) in [5, 5.41) is 8.98. The molecule has 17 heavy (non-hydrogen) atoms. The Hall–Kier alpha value is -1.96. The van der Waals surface area contributed by atoms with E-state index in [0.717, 1.165) is 31.6 Å². The van der Waals surface area contributed by atoms with E-state index < -0.39 is 0 Å². The van der Waals surface area contributed by atoms with Crippen LogP contribution in [-0.2, 0) is 11.3 Å². The van der Waals surface area contributed by atoms with Crippen LogP contribution in [-0.4, -0.2) is 28.5 Å². The lowest BCUT2D eigenvalue weighted by atomic mass is 10.4. The number of nitriles is 1. The predicted octanol–water partition coefficient (Wildman–Crippen LogP) is 0.873. The Labute approximate surface area is 100 Å². The molecule has 0 unspecified atom stereocenters. The lowest BCUT2D eigenvalue weighted by Crippen LogP contribution is -2.31. The van der Waals surface area contributed by atoms with E-state index >= 15 is 0 Å². The van der Waals surface area contributed by atoms with Crippen molar-refractivity contribution in [2.24, 2.45) is 0 Å². The van der Waals surface area contributed by atoms with E-state index in [-0.39, 0.29) is 12.5 Å². The molecule has 1 aliphatic rings. The van der Waals surface area contributed by atoms with Gasteiger partial charge in [0.2, 0.25) is 5.91 Å². The molecule has 90 valence electrons. The first kappa shape index (κ1) is 11.5. The Balaban J connectivity index is 2.18. The van der Waals surface area contributed by atoms with Crippen molar-refractivity contribution in [3.05, 3.63) is 17.5 Å². The number of nitrogens with two attached hydrogens (primary N) is 1. The average molecular weight is 232 g/mol. The summed E-state index contributed by atoms with van der Waals surface area (Å²) in [4.78, 5) is 13.8. The molecule has 1 saturated heterocycles.